The summed E-state index contributed by atoms with van der Waals surface area (Å²) in [5, 5.41) is 5.11. The molecule has 2 heteroatoms. The lowest BCUT2D eigenvalue weighted by Gasteiger charge is -2.27. The zero-order chi connectivity index (χ0) is 38.1. The topological polar surface area (TPSA) is 3.24 Å². The molecule has 11 rings (SSSR count). The quantitative estimate of drug-likeness (QED) is 0.164. The molecule has 0 atom stereocenters. The molecule has 1 nitrogen and oxygen atoms in total. The van der Waals surface area contributed by atoms with Crippen LogP contribution < -0.4 is 4.90 Å². The molecule has 0 aliphatic heterocycles. The average molecular weight is 746 g/mol. The number of thiophene rings is 1. The molecule has 0 fully saturated rings. The third-order valence-electron chi connectivity index (χ3n) is 12.0. The molecule has 0 amide bonds. The third-order valence-corrected chi connectivity index (χ3v) is 13.2. The van der Waals surface area contributed by atoms with Crippen LogP contribution in [0.3, 0.4) is 0 Å². The lowest BCUT2D eigenvalue weighted by Crippen LogP contribution is -2.16. The van der Waals surface area contributed by atoms with Crippen LogP contribution in [-0.4, -0.2) is 0 Å². The van der Waals surface area contributed by atoms with Gasteiger partial charge in [-0.05, 0) is 127 Å². The normalized spacial score (nSPS) is 12.9. The van der Waals surface area contributed by atoms with E-state index in [-0.39, 0.29) is 5.41 Å². The first-order valence-electron chi connectivity index (χ1n) is 19.7. The van der Waals surface area contributed by atoms with Gasteiger partial charge in [-0.15, -0.1) is 11.3 Å². The van der Waals surface area contributed by atoms with Crippen molar-refractivity contribution in [2.45, 2.75) is 19.3 Å². The second-order valence-electron chi connectivity index (χ2n) is 15.7. The predicted octanol–water partition coefficient (Wildman–Crippen LogP) is 16.0. The van der Waals surface area contributed by atoms with Gasteiger partial charge in [-0.3, -0.25) is 0 Å². The van der Waals surface area contributed by atoms with Crippen LogP contribution in [0.15, 0.2) is 200 Å². The van der Waals surface area contributed by atoms with Gasteiger partial charge in [0.1, 0.15) is 0 Å². The Hall–Kier alpha value is -6.74. The third kappa shape index (κ3) is 5.59. The van der Waals surface area contributed by atoms with Gasteiger partial charge in [-0.25, -0.2) is 0 Å². The minimum Gasteiger partial charge on any atom is -0.310 e. The molecule has 0 bridgehead atoms. The SMILES string of the molecule is CC1(C)c2ccccc2-c2cccc(-c3ccc(N(c4ccc(-c5cccc(-c6ccc7ccccc7c6)c5)cc4)c4ccc5sc6ccccc6c5c4)cc3)c21. The smallest absolute Gasteiger partial charge is 0.0468 e. The molecule has 270 valence electrons. The van der Waals surface area contributed by atoms with E-state index < -0.39 is 0 Å². The van der Waals surface area contributed by atoms with Gasteiger partial charge in [0, 0.05) is 42.6 Å². The second-order valence-corrected chi connectivity index (χ2v) is 16.8. The van der Waals surface area contributed by atoms with Gasteiger partial charge < -0.3 is 4.90 Å². The number of rotatable bonds is 6. The number of nitrogens with zero attached hydrogens (tertiary/aromatic N) is 1. The molecule has 0 unspecified atom stereocenters. The van der Waals surface area contributed by atoms with Gasteiger partial charge >= 0.3 is 0 Å². The van der Waals surface area contributed by atoms with E-state index in [1.54, 1.807) is 0 Å². The predicted molar refractivity (Wildman–Crippen MR) is 245 cm³/mol. The van der Waals surface area contributed by atoms with Crippen LogP contribution in [0.25, 0.3) is 75.5 Å². The first-order valence-corrected chi connectivity index (χ1v) is 20.6. The number of hydrogen-bond donors (Lipinski definition) is 0. The van der Waals surface area contributed by atoms with E-state index in [0.717, 1.165) is 17.1 Å². The summed E-state index contributed by atoms with van der Waals surface area (Å²) in [5.41, 5.74) is 16.2. The van der Waals surface area contributed by atoms with E-state index in [1.807, 2.05) is 11.3 Å². The largest absolute Gasteiger partial charge is 0.310 e. The molecule has 57 heavy (non-hydrogen) atoms. The molecule has 0 spiro atoms. The lowest BCUT2D eigenvalue weighted by molar-refractivity contribution is 0.662. The summed E-state index contributed by atoms with van der Waals surface area (Å²) in [6, 6.07) is 73.8. The van der Waals surface area contributed by atoms with Crippen molar-refractivity contribution < 1.29 is 0 Å². The maximum Gasteiger partial charge on any atom is 0.0468 e. The monoisotopic (exact) mass is 745 g/mol. The Balaban J connectivity index is 0.990. The lowest BCUT2D eigenvalue weighted by atomic mass is 9.79. The number of anilines is 3. The summed E-state index contributed by atoms with van der Waals surface area (Å²) in [6.07, 6.45) is 0. The van der Waals surface area contributed by atoms with Crippen LogP contribution in [0, 0.1) is 0 Å². The standard InChI is InChI=1S/C55H39NS/c1-55(2)51-19-7-5-15-47(51)49-18-10-17-46(54(49)55)38-25-29-44(30-26-38)56(45-31-32-53-50(35-45)48-16-6-8-20-52(48)57-53)43-27-23-37(24-28-43)40-13-9-14-41(33-40)42-22-21-36-11-3-4-12-39(36)34-42/h3-35H,1-2H3. The van der Waals surface area contributed by atoms with Gasteiger partial charge in [0.2, 0.25) is 0 Å². The van der Waals surface area contributed by atoms with Crippen molar-refractivity contribution >= 4 is 59.3 Å². The van der Waals surface area contributed by atoms with Crippen molar-refractivity contribution in [3.8, 4) is 44.5 Å². The Kier molecular flexibility index (Phi) is 7.77. The Morgan fingerprint density at radius 2 is 0.947 bits per heavy atom. The number of hydrogen-bond acceptors (Lipinski definition) is 2. The van der Waals surface area contributed by atoms with Gasteiger partial charge in [-0.1, -0.05) is 153 Å². The van der Waals surface area contributed by atoms with E-state index in [4.69, 9.17) is 0 Å². The van der Waals surface area contributed by atoms with Crippen LogP contribution in [0.2, 0.25) is 0 Å². The van der Waals surface area contributed by atoms with E-state index in [0.29, 0.717) is 0 Å². The van der Waals surface area contributed by atoms with Crippen LogP contribution >= 0.6 is 11.3 Å². The minimum absolute atomic E-state index is 0.0807. The molecule has 1 aromatic heterocycles. The molecule has 1 aliphatic rings. The number of benzene rings is 9. The highest BCUT2D eigenvalue weighted by Crippen LogP contribution is 2.52. The summed E-state index contributed by atoms with van der Waals surface area (Å²) in [4.78, 5) is 2.40. The Morgan fingerprint density at radius 1 is 0.368 bits per heavy atom. The van der Waals surface area contributed by atoms with Gasteiger partial charge in [0.05, 0.1) is 0 Å². The molecule has 0 saturated carbocycles. The van der Waals surface area contributed by atoms with Crippen molar-refractivity contribution in [1.29, 1.82) is 0 Å². The van der Waals surface area contributed by atoms with Crippen molar-refractivity contribution in [2.24, 2.45) is 0 Å². The van der Waals surface area contributed by atoms with E-state index in [9.17, 15) is 0 Å². The molecule has 10 aromatic rings. The molecular formula is C55H39NS. The van der Waals surface area contributed by atoms with E-state index in [1.165, 1.54) is 86.6 Å². The molecule has 9 aromatic carbocycles. The fourth-order valence-corrected chi connectivity index (χ4v) is 10.3. The summed E-state index contributed by atoms with van der Waals surface area (Å²) in [7, 11) is 0. The number of fused-ring (bicyclic) bond motifs is 7. The van der Waals surface area contributed by atoms with Crippen molar-refractivity contribution in [3.05, 3.63) is 211 Å². The average Bonchev–Trinajstić information content (AvgIpc) is 3.75. The molecular weight excluding hydrogens is 707 g/mol. The summed E-state index contributed by atoms with van der Waals surface area (Å²) in [6.45, 7) is 4.73. The van der Waals surface area contributed by atoms with Crippen LogP contribution in [0.5, 0.6) is 0 Å². The van der Waals surface area contributed by atoms with Crippen molar-refractivity contribution in [2.75, 3.05) is 4.90 Å². The van der Waals surface area contributed by atoms with Crippen molar-refractivity contribution in [3.63, 3.8) is 0 Å². The molecule has 1 heterocycles. The molecule has 0 radical (unpaired) electrons. The van der Waals surface area contributed by atoms with Crippen molar-refractivity contribution in [1.82, 2.24) is 0 Å². The van der Waals surface area contributed by atoms with Crippen LogP contribution in [0.1, 0.15) is 25.0 Å². The first kappa shape index (κ1) is 33.6. The zero-order valence-corrected chi connectivity index (χ0v) is 32.7. The first-order chi connectivity index (χ1) is 28.0. The minimum atomic E-state index is -0.0807. The maximum absolute atomic E-state index is 2.40. The molecule has 0 saturated heterocycles. The molecule has 0 N–H and O–H groups in total. The summed E-state index contributed by atoms with van der Waals surface area (Å²) < 4.78 is 2.62. The van der Waals surface area contributed by atoms with E-state index in [2.05, 4.69) is 219 Å². The highest BCUT2D eigenvalue weighted by molar-refractivity contribution is 7.25. The van der Waals surface area contributed by atoms with Gasteiger partial charge in [0.25, 0.3) is 0 Å². The van der Waals surface area contributed by atoms with Gasteiger partial charge in [-0.2, -0.15) is 0 Å². The van der Waals surface area contributed by atoms with Crippen LogP contribution in [0.4, 0.5) is 17.1 Å². The Labute approximate surface area is 337 Å². The summed E-state index contributed by atoms with van der Waals surface area (Å²) >= 11 is 1.86. The van der Waals surface area contributed by atoms with Crippen LogP contribution in [-0.2, 0) is 5.41 Å². The fourth-order valence-electron chi connectivity index (χ4n) is 9.23. The van der Waals surface area contributed by atoms with E-state index >= 15 is 0 Å². The second kappa shape index (κ2) is 13.2. The fraction of sp³-hybridized carbons (Fsp3) is 0.0545. The molecule has 1 aliphatic carbocycles. The zero-order valence-electron chi connectivity index (χ0n) is 31.9. The highest BCUT2D eigenvalue weighted by atomic mass is 32.1. The summed E-state index contributed by atoms with van der Waals surface area (Å²) in [5.74, 6) is 0. The van der Waals surface area contributed by atoms with Gasteiger partial charge in [0.15, 0.2) is 0 Å². The Bertz CT molecular complexity index is 3150. The highest BCUT2D eigenvalue weighted by Gasteiger charge is 2.37. The maximum atomic E-state index is 2.40. The Morgan fingerprint density at radius 3 is 1.77 bits per heavy atom.